The molecule has 0 aliphatic heterocycles. The van der Waals surface area contributed by atoms with Crippen molar-refractivity contribution >= 4 is 15.9 Å². The van der Waals surface area contributed by atoms with Gasteiger partial charge in [-0.3, -0.25) is 4.79 Å². The number of amides is 1. The van der Waals surface area contributed by atoms with Crippen molar-refractivity contribution in [1.82, 2.24) is 9.62 Å². The van der Waals surface area contributed by atoms with Gasteiger partial charge in [0.15, 0.2) is 0 Å². The van der Waals surface area contributed by atoms with Crippen LogP contribution < -0.4 is 10.1 Å². The minimum absolute atomic E-state index is 0.100. The van der Waals surface area contributed by atoms with Crippen LogP contribution >= 0.6 is 0 Å². The number of carbonyl (C=O) groups excluding carboxylic acids is 1. The summed E-state index contributed by atoms with van der Waals surface area (Å²) in [6, 6.07) is 7.02. The molecule has 1 aromatic rings. The molecular formula is C14H20N2O4S. The van der Waals surface area contributed by atoms with Gasteiger partial charge in [-0.25, -0.2) is 8.42 Å². The number of benzene rings is 1. The highest BCUT2D eigenvalue weighted by atomic mass is 32.2. The molecule has 2 rings (SSSR count). The zero-order valence-electron chi connectivity index (χ0n) is 12.2. The first-order chi connectivity index (χ1) is 9.93. The Hall–Kier alpha value is -1.60. The first-order valence-electron chi connectivity index (χ1n) is 6.81. The Kier molecular flexibility index (Phi) is 4.84. The van der Waals surface area contributed by atoms with Crippen LogP contribution in [-0.2, 0) is 10.0 Å². The van der Waals surface area contributed by atoms with Crippen LogP contribution in [0.5, 0.6) is 5.75 Å². The van der Waals surface area contributed by atoms with Crippen molar-refractivity contribution < 1.29 is 17.9 Å². The Balaban J connectivity index is 1.92. The highest BCUT2D eigenvalue weighted by molar-refractivity contribution is 7.88. The number of sulfonamides is 1. The van der Waals surface area contributed by atoms with Gasteiger partial charge in [0.25, 0.3) is 5.91 Å². The van der Waals surface area contributed by atoms with Crippen molar-refractivity contribution in [3.63, 3.8) is 0 Å². The topological polar surface area (TPSA) is 75.7 Å². The molecule has 7 heteroatoms. The summed E-state index contributed by atoms with van der Waals surface area (Å²) in [4.78, 5) is 12.1. The molecule has 1 aliphatic carbocycles. The van der Waals surface area contributed by atoms with Gasteiger partial charge >= 0.3 is 0 Å². The quantitative estimate of drug-likeness (QED) is 0.810. The fourth-order valence-corrected chi connectivity index (χ4v) is 3.36. The number of nitrogens with zero attached hydrogens (tertiary/aromatic N) is 1. The van der Waals surface area contributed by atoms with E-state index in [1.54, 1.807) is 24.3 Å². The highest BCUT2D eigenvalue weighted by Crippen LogP contribution is 2.28. The summed E-state index contributed by atoms with van der Waals surface area (Å²) < 4.78 is 29.9. The summed E-state index contributed by atoms with van der Waals surface area (Å²) in [6.45, 7) is 0.574. The first kappa shape index (κ1) is 15.8. The van der Waals surface area contributed by atoms with Gasteiger partial charge < -0.3 is 10.1 Å². The molecule has 0 aromatic heterocycles. The van der Waals surface area contributed by atoms with Crippen LogP contribution in [0.2, 0.25) is 0 Å². The summed E-state index contributed by atoms with van der Waals surface area (Å²) >= 11 is 0. The van der Waals surface area contributed by atoms with Gasteiger partial charge in [0.05, 0.1) is 18.9 Å². The molecule has 1 N–H and O–H groups in total. The van der Waals surface area contributed by atoms with E-state index < -0.39 is 10.0 Å². The number of hydrogen-bond donors (Lipinski definition) is 1. The second-order valence-electron chi connectivity index (χ2n) is 5.06. The van der Waals surface area contributed by atoms with E-state index in [2.05, 4.69) is 5.32 Å². The van der Waals surface area contributed by atoms with Crippen LogP contribution in [0.15, 0.2) is 24.3 Å². The normalized spacial score (nSPS) is 15.0. The minimum atomic E-state index is -3.22. The first-order valence-corrected chi connectivity index (χ1v) is 8.66. The Labute approximate surface area is 125 Å². The lowest BCUT2D eigenvalue weighted by Gasteiger charge is -2.19. The summed E-state index contributed by atoms with van der Waals surface area (Å²) in [5.41, 5.74) is 0.442. The third-order valence-corrected chi connectivity index (χ3v) is 4.68. The summed E-state index contributed by atoms with van der Waals surface area (Å²) in [5, 5.41) is 2.73. The van der Waals surface area contributed by atoms with Crippen LogP contribution in [0.4, 0.5) is 0 Å². The van der Waals surface area contributed by atoms with E-state index in [1.807, 2.05) is 0 Å². The molecule has 0 saturated heterocycles. The molecule has 1 aliphatic rings. The second-order valence-corrected chi connectivity index (χ2v) is 7.00. The van der Waals surface area contributed by atoms with E-state index >= 15 is 0 Å². The molecular weight excluding hydrogens is 292 g/mol. The number of nitrogens with one attached hydrogen (secondary N) is 1. The molecule has 1 fully saturated rings. The second kappa shape index (κ2) is 6.44. The van der Waals surface area contributed by atoms with E-state index in [0.29, 0.717) is 17.9 Å². The fraction of sp³-hybridized carbons (Fsp3) is 0.500. The maximum atomic E-state index is 12.1. The zero-order valence-corrected chi connectivity index (χ0v) is 13.0. The van der Waals surface area contributed by atoms with Gasteiger partial charge in [0.2, 0.25) is 10.0 Å². The predicted octanol–water partition coefficient (Wildman–Crippen LogP) is 0.849. The molecule has 0 spiro atoms. The van der Waals surface area contributed by atoms with Crippen molar-refractivity contribution in [2.24, 2.45) is 0 Å². The smallest absolute Gasteiger partial charge is 0.255 e. The fourth-order valence-electron chi connectivity index (χ4n) is 2.19. The Bertz CT molecular complexity index is 611. The molecule has 1 amide bonds. The van der Waals surface area contributed by atoms with Gasteiger partial charge in [0, 0.05) is 19.1 Å². The van der Waals surface area contributed by atoms with Gasteiger partial charge in [-0.05, 0) is 25.0 Å². The average molecular weight is 312 g/mol. The number of hydrogen-bond acceptors (Lipinski definition) is 4. The Morgan fingerprint density at radius 3 is 2.62 bits per heavy atom. The van der Waals surface area contributed by atoms with E-state index in [-0.39, 0.29) is 18.5 Å². The van der Waals surface area contributed by atoms with Gasteiger partial charge in [-0.2, -0.15) is 4.31 Å². The lowest BCUT2D eigenvalue weighted by atomic mass is 10.2. The zero-order chi connectivity index (χ0) is 15.5. The van der Waals surface area contributed by atoms with Gasteiger partial charge in [-0.1, -0.05) is 12.1 Å². The van der Waals surface area contributed by atoms with Crippen molar-refractivity contribution in [2.75, 3.05) is 26.5 Å². The molecule has 0 radical (unpaired) electrons. The van der Waals surface area contributed by atoms with E-state index in [0.717, 1.165) is 12.8 Å². The maximum Gasteiger partial charge on any atom is 0.255 e. The van der Waals surface area contributed by atoms with E-state index in [9.17, 15) is 13.2 Å². The van der Waals surface area contributed by atoms with Crippen LogP contribution in [0.25, 0.3) is 0 Å². The van der Waals surface area contributed by atoms with Crippen molar-refractivity contribution in [3.05, 3.63) is 29.8 Å². The highest BCUT2D eigenvalue weighted by Gasteiger charge is 2.34. The van der Waals surface area contributed by atoms with Crippen molar-refractivity contribution in [1.29, 1.82) is 0 Å². The SMILES string of the molecule is COc1ccccc1C(=O)NCCN(C1CC1)S(C)(=O)=O. The number of methoxy groups -OCH3 is 1. The minimum Gasteiger partial charge on any atom is -0.496 e. The van der Waals surface area contributed by atoms with Gasteiger partial charge in [-0.15, -0.1) is 0 Å². The number of ether oxygens (including phenoxy) is 1. The summed E-state index contributed by atoms with van der Waals surface area (Å²) in [6.07, 6.45) is 2.99. The maximum absolute atomic E-state index is 12.1. The molecule has 116 valence electrons. The largest absolute Gasteiger partial charge is 0.496 e. The van der Waals surface area contributed by atoms with Gasteiger partial charge in [0.1, 0.15) is 5.75 Å². The molecule has 0 atom stereocenters. The third-order valence-electron chi connectivity index (χ3n) is 3.35. The standard InChI is InChI=1S/C14H20N2O4S/c1-20-13-6-4-3-5-12(13)14(17)15-9-10-16(11-7-8-11)21(2,18)19/h3-6,11H,7-10H2,1-2H3,(H,15,17). The summed E-state index contributed by atoms with van der Waals surface area (Å²) in [5.74, 6) is 0.230. The summed E-state index contributed by atoms with van der Waals surface area (Å²) in [7, 11) is -1.72. The Morgan fingerprint density at radius 1 is 1.38 bits per heavy atom. The van der Waals surface area contributed by atoms with Crippen LogP contribution in [0, 0.1) is 0 Å². The van der Waals surface area contributed by atoms with Crippen LogP contribution in [-0.4, -0.2) is 51.1 Å². The Morgan fingerprint density at radius 2 is 2.05 bits per heavy atom. The lowest BCUT2D eigenvalue weighted by molar-refractivity contribution is 0.0948. The molecule has 1 aromatic carbocycles. The van der Waals surface area contributed by atoms with E-state index in [4.69, 9.17) is 4.74 Å². The third kappa shape index (κ3) is 4.18. The number of para-hydroxylation sites is 1. The molecule has 1 saturated carbocycles. The number of carbonyl (C=O) groups is 1. The number of rotatable bonds is 7. The van der Waals surface area contributed by atoms with Crippen LogP contribution in [0.1, 0.15) is 23.2 Å². The molecule has 0 bridgehead atoms. The molecule has 0 heterocycles. The van der Waals surface area contributed by atoms with Crippen molar-refractivity contribution in [3.8, 4) is 5.75 Å². The predicted molar refractivity (Wildman–Crippen MR) is 79.9 cm³/mol. The monoisotopic (exact) mass is 312 g/mol. The molecule has 0 unspecified atom stereocenters. The van der Waals surface area contributed by atoms with Crippen molar-refractivity contribution in [2.45, 2.75) is 18.9 Å². The van der Waals surface area contributed by atoms with E-state index in [1.165, 1.54) is 17.7 Å². The van der Waals surface area contributed by atoms with Crippen LogP contribution in [0.3, 0.4) is 0 Å². The molecule has 6 nitrogen and oxygen atoms in total. The lowest BCUT2D eigenvalue weighted by Crippen LogP contribution is -2.39. The average Bonchev–Trinajstić information content (AvgIpc) is 3.26. The molecule has 21 heavy (non-hydrogen) atoms.